The van der Waals surface area contributed by atoms with E-state index in [1.54, 1.807) is 5.51 Å². The number of amides is 1. The fourth-order valence-corrected chi connectivity index (χ4v) is 3.72. The number of benzene rings is 1. The van der Waals surface area contributed by atoms with E-state index in [9.17, 15) is 4.79 Å². The second-order valence-corrected chi connectivity index (χ2v) is 6.14. The van der Waals surface area contributed by atoms with Gasteiger partial charge in [-0.15, -0.1) is 11.3 Å². The Kier molecular flexibility index (Phi) is 3.57. The van der Waals surface area contributed by atoms with Crippen molar-refractivity contribution in [3.63, 3.8) is 0 Å². The van der Waals surface area contributed by atoms with Crippen LogP contribution in [0.15, 0.2) is 29.8 Å². The molecule has 2 aromatic rings. The van der Waals surface area contributed by atoms with Crippen molar-refractivity contribution in [2.24, 2.45) is 0 Å². The summed E-state index contributed by atoms with van der Waals surface area (Å²) in [5, 5.41) is 0. The molecule has 0 spiro atoms. The minimum absolute atomic E-state index is 0.0895. The Morgan fingerprint density at radius 1 is 1.40 bits per heavy atom. The Morgan fingerprint density at radius 3 is 2.95 bits per heavy atom. The third kappa shape index (κ3) is 2.24. The lowest BCUT2D eigenvalue weighted by molar-refractivity contribution is 0.0719. The summed E-state index contributed by atoms with van der Waals surface area (Å²) in [6.45, 7) is 1.90. The van der Waals surface area contributed by atoms with Gasteiger partial charge in [-0.3, -0.25) is 4.79 Å². The molecule has 1 heterocycles. The first-order chi connectivity index (χ1) is 9.68. The molecule has 1 aromatic heterocycles. The molecule has 3 rings (SSSR count). The van der Waals surface area contributed by atoms with E-state index in [2.05, 4.69) is 29.2 Å². The zero-order valence-corrected chi connectivity index (χ0v) is 12.6. The van der Waals surface area contributed by atoms with Crippen LogP contribution in [0.3, 0.4) is 0 Å². The molecule has 0 unspecified atom stereocenters. The summed E-state index contributed by atoms with van der Waals surface area (Å²) in [5.41, 5.74) is 5.25. The summed E-state index contributed by atoms with van der Waals surface area (Å²) in [4.78, 5) is 19.5. The van der Waals surface area contributed by atoms with E-state index in [0.29, 0.717) is 0 Å². The van der Waals surface area contributed by atoms with Gasteiger partial charge in [0.05, 0.1) is 17.2 Å². The number of hydrogen-bond acceptors (Lipinski definition) is 3. The topological polar surface area (TPSA) is 33.2 Å². The van der Waals surface area contributed by atoms with Crippen molar-refractivity contribution in [1.82, 2.24) is 9.88 Å². The van der Waals surface area contributed by atoms with Gasteiger partial charge in [0, 0.05) is 7.05 Å². The molecule has 0 aliphatic heterocycles. The molecule has 1 amide bonds. The predicted octanol–water partition coefficient (Wildman–Crippen LogP) is 3.60. The fourth-order valence-electron chi connectivity index (χ4n) is 2.94. The Morgan fingerprint density at radius 2 is 2.20 bits per heavy atom. The Balaban J connectivity index is 1.90. The van der Waals surface area contributed by atoms with Crippen LogP contribution in [-0.2, 0) is 6.42 Å². The molecule has 0 bridgehead atoms. The monoisotopic (exact) mass is 286 g/mol. The average Bonchev–Trinajstić information content (AvgIpc) is 2.91. The third-order valence-electron chi connectivity index (χ3n) is 4.07. The van der Waals surface area contributed by atoms with Crippen molar-refractivity contribution >= 4 is 17.2 Å². The highest BCUT2D eigenvalue weighted by Crippen LogP contribution is 2.34. The molecular formula is C16H18N2OS. The van der Waals surface area contributed by atoms with Gasteiger partial charge in [-0.2, -0.15) is 0 Å². The summed E-state index contributed by atoms with van der Waals surface area (Å²) >= 11 is 1.43. The molecule has 0 radical (unpaired) electrons. The van der Waals surface area contributed by atoms with Gasteiger partial charge in [0.15, 0.2) is 0 Å². The van der Waals surface area contributed by atoms with E-state index in [1.807, 2.05) is 18.9 Å². The number of hydrogen-bond donors (Lipinski definition) is 0. The smallest absolute Gasteiger partial charge is 0.266 e. The minimum Gasteiger partial charge on any atom is -0.334 e. The zero-order chi connectivity index (χ0) is 14.1. The van der Waals surface area contributed by atoms with Crippen molar-refractivity contribution in [2.75, 3.05) is 7.05 Å². The van der Waals surface area contributed by atoms with E-state index in [0.717, 1.165) is 29.8 Å². The van der Waals surface area contributed by atoms with Crippen molar-refractivity contribution in [2.45, 2.75) is 32.2 Å². The summed E-state index contributed by atoms with van der Waals surface area (Å²) in [6.07, 6.45) is 3.30. The van der Waals surface area contributed by atoms with Gasteiger partial charge in [-0.1, -0.05) is 24.3 Å². The maximum atomic E-state index is 12.6. The second-order valence-electron chi connectivity index (χ2n) is 5.29. The largest absolute Gasteiger partial charge is 0.334 e. The van der Waals surface area contributed by atoms with Gasteiger partial charge < -0.3 is 4.90 Å². The lowest BCUT2D eigenvalue weighted by Gasteiger charge is -2.33. The van der Waals surface area contributed by atoms with Crippen LogP contribution in [0.5, 0.6) is 0 Å². The van der Waals surface area contributed by atoms with E-state index in [4.69, 9.17) is 0 Å². The standard InChI is InChI=1S/C16H18N2OS/c1-11-15(20-10-17-11)16(19)18(2)14-9-5-7-12-6-3-4-8-13(12)14/h3-4,6,8,10,14H,5,7,9H2,1-2H3/t14-/m1/s1. The summed E-state index contributed by atoms with van der Waals surface area (Å²) in [7, 11) is 1.91. The SMILES string of the molecule is Cc1ncsc1C(=O)N(C)[C@@H]1CCCc2ccccc21. The maximum absolute atomic E-state index is 12.6. The second kappa shape index (κ2) is 5.37. The lowest BCUT2D eigenvalue weighted by Crippen LogP contribution is -2.33. The molecule has 0 N–H and O–H groups in total. The normalized spacial score (nSPS) is 17.6. The van der Waals surface area contributed by atoms with Crippen molar-refractivity contribution < 1.29 is 4.79 Å². The predicted molar refractivity (Wildman–Crippen MR) is 81.1 cm³/mol. The van der Waals surface area contributed by atoms with Gasteiger partial charge in [-0.25, -0.2) is 4.98 Å². The Hall–Kier alpha value is -1.68. The molecule has 1 atom stereocenters. The first-order valence-electron chi connectivity index (χ1n) is 6.93. The number of aromatic nitrogens is 1. The number of nitrogens with zero attached hydrogens (tertiary/aromatic N) is 2. The molecule has 1 aliphatic rings. The lowest BCUT2D eigenvalue weighted by atomic mass is 9.87. The van der Waals surface area contributed by atoms with Crippen LogP contribution in [0, 0.1) is 6.92 Å². The molecule has 3 nitrogen and oxygen atoms in total. The van der Waals surface area contributed by atoms with E-state index in [1.165, 1.54) is 22.5 Å². The highest BCUT2D eigenvalue weighted by atomic mass is 32.1. The zero-order valence-electron chi connectivity index (χ0n) is 11.8. The van der Waals surface area contributed by atoms with Crippen LogP contribution in [-0.4, -0.2) is 22.8 Å². The highest BCUT2D eigenvalue weighted by Gasteiger charge is 2.28. The van der Waals surface area contributed by atoms with E-state index < -0.39 is 0 Å². The van der Waals surface area contributed by atoms with Crippen molar-refractivity contribution in [3.8, 4) is 0 Å². The van der Waals surface area contributed by atoms with E-state index in [-0.39, 0.29) is 11.9 Å². The Bertz CT molecular complexity index is 635. The third-order valence-corrected chi connectivity index (χ3v) is 4.98. The minimum atomic E-state index is 0.0895. The molecule has 104 valence electrons. The Labute approximate surface area is 123 Å². The van der Waals surface area contributed by atoms with E-state index >= 15 is 0 Å². The number of thiazole rings is 1. The number of aryl methyl sites for hydroxylation is 2. The molecule has 1 aliphatic carbocycles. The first-order valence-corrected chi connectivity index (χ1v) is 7.81. The molecule has 0 saturated carbocycles. The van der Waals surface area contributed by atoms with Crippen LogP contribution in [0.25, 0.3) is 0 Å². The van der Waals surface area contributed by atoms with Gasteiger partial charge in [-0.05, 0) is 37.3 Å². The quantitative estimate of drug-likeness (QED) is 0.845. The van der Waals surface area contributed by atoms with Crippen LogP contribution < -0.4 is 0 Å². The number of fused-ring (bicyclic) bond motifs is 1. The van der Waals surface area contributed by atoms with Crippen molar-refractivity contribution in [3.05, 3.63) is 51.5 Å². The number of rotatable bonds is 2. The van der Waals surface area contributed by atoms with Gasteiger partial charge in [0.25, 0.3) is 5.91 Å². The van der Waals surface area contributed by atoms with Gasteiger partial charge in [0.2, 0.25) is 0 Å². The molecule has 1 aromatic carbocycles. The molecule has 0 fully saturated rings. The van der Waals surface area contributed by atoms with Crippen LogP contribution in [0.4, 0.5) is 0 Å². The maximum Gasteiger partial charge on any atom is 0.266 e. The van der Waals surface area contributed by atoms with Crippen LogP contribution >= 0.6 is 11.3 Å². The van der Waals surface area contributed by atoms with Gasteiger partial charge in [0.1, 0.15) is 4.88 Å². The summed E-state index contributed by atoms with van der Waals surface area (Å²) in [6, 6.07) is 8.67. The van der Waals surface area contributed by atoms with Crippen LogP contribution in [0.1, 0.15) is 45.4 Å². The number of carbonyl (C=O) groups excluding carboxylic acids is 1. The number of carbonyl (C=O) groups is 1. The summed E-state index contributed by atoms with van der Waals surface area (Å²) in [5.74, 6) is 0.0895. The molecule has 0 saturated heterocycles. The average molecular weight is 286 g/mol. The molecular weight excluding hydrogens is 268 g/mol. The fraction of sp³-hybridized carbons (Fsp3) is 0.375. The summed E-state index contributed by atoms with van der Waals surface area (Å²) < 4.78 is 0. The van der Waals surface area contributed by atoms with Crippen molar-refractivity contribution in [1.29, 1.82) is 0 Å². The first kappa shape index (κ1) is 13.3. The van der Waals surface area contributed by atoms with Crippen LogP contribution in [0.2, 0.25) is 0 Å². The highest BCUT2D eigenvalue weighted by molar-refractivity contribution is 7.11. The molecule has 20 heavy (non-hydrogen) atoms. The van der Waals surface area contributed by atoms with Gasteiger partial charge >= 0.3 is 0 Å². The molecule has 4 heteroatoms.